The van der Waals surface area contributed by atoms with Crippen LogP contribution in [-0.4, -0.2) is 37.3 Å². The maximum atomic E-state index is 12.5. The van der Waals surface area contributed by atoms with E-state index in [2.05, 4.69) is 16.0 Å². The third-order valence-corrected chi connectivity index (χ3v) is 3.79. The van der Waals surface area contributed by atoms with Crippen LogP contribution >= 0.6 is 12.2 Å². The Kier molecular flexibility index (Phi) is 6.49. The summed E-state index contributed by atoms with van der Waals surface area (Å²) in [5.41, 5.74) is 2.60. The number of thiocarbonyl (C=S) groups is 1. The number of ether oxygens (including phenoxy) is 2. The van der Waals surface area contributed by atoms with E-state index >= 15 is 0 Å². The lowest BCUT2D eigenvalue weighted by molar-refractivity contribution is -0.140. The van der Waals surface area contributed by atoms with Crippen LogP contribution in [0.4, 0.5) is 5.69 Å². The molecule has 0 saturated carbocycles. The molecule has 0 saturated heterocycles. The lowest BCUT2D eigenvalue weighted by Gasteiger charge is -2.30. The minimum Gasteiger partial charge on any atom is -0.460 e. The number of carbonyl (C=O) groups is 2. The van der Waals surface area contributed by atoms with Crippen LogP contribution in [0.25, 0.3) is 0 Å². The molecule has 1 aliphatic heterocycles. The van der Waals surface area contributed by atoms with Crippen molar-refractivity contribution in [1.82, 2.24) is 10.6 Å². The highest BCUT2D eigenvalue weighted by Crippen LogP contribution is 2.28. The standard InChI is InChI=1S/C17H21N3O4S/c1-10-14(16(22)24-9-8-23-3)15(20-17(25)18-10)12-4-6-13(7-5-12)19-11(2)21/h4-7,15H,8-9H2,1-3H3,(H,19,21)(H2,18,20,25). The van der Waals surface area contributed by atoms with Gasteiger partial charge in [0.25, 0.3) is 0 Å². The summed E-state index contributed by atoms with van der Waals surface area (Å²) in [5, 5.41) is 9.17. The molecule has 2 rings (SSSR count). The van der Waals surface area contributed by atoms with Crippen molar-refractivity contribution in [2.75, 3.05) is 25.6 Å². The number of esters is 1. The maximum absolute atomic E-state index is 12.5. The fourth-order valence-electron chi connectivity index (χ4n) is 2.47. The van der Waals surface area contributed by atoms with Crippen molar-refractivity contribution in [3.05, 3.63) is 41.1 Å². The molecule has 1 unspecified atom stereocenters. The number of anilines is 1. The second-order valence-corrected chi connectivity index (χ2v) is 5.91. The molecule has 1 amide bonds. The first kappa shape index (κ1) is 18.9. The van der Waals surface area contributed by atoms with Crippen LogP contribution in [-0.2, 0) is 19.1 Å². The van der Waals surface area contributed by atoms with E-state index < -0.39 is 12.0 Å². The fraction of sp³-hybridized carbons (Fsp3) is 0.353. The first-order chi connectivity index (χ1) is 11.9. The third kappa shape index (κ3) is 5.01. The number of allylic oxidation sites excluding steroid dienone is 1. The Morgan fingerprint density at radius 2 is 1.92 bits per heavy atom. The normalized spacial score (nSPS) is 16.8. The molecule has 3 N–H and O–H groups in total. The van der Waals surface area contributed by atoms with E-state index in [1.54, 1.807) is 26.2 Å². The number of hydrogen-bond donors (Lipinski definition) is 3. The summed E-state index contributed by atoms with van der Waals surface area (Å²) in [6.45, 7) is 3.72. The quantitative estimate of drug-likeness (QED) is 0.402. The Morgan fingerprint density at radius 3 is 2.52 bits per heavy atom. The molecule has 7 nitrogen and oxygen atoms in total. The zero-order valence-corrected chi connectivity index (χ0v) is 15.2. The molecule has 0 aliphatic carbocycles. The summed E-state index contributed by atoms with van der Waals surface area (Å²) in [6.07, 6.45) is 0. The minimum atomic E-state index is -0.437. The molecular formula is C17H21N3O4S. The van der Waals surface area contributed by atoms with Crippen molar-refractivity contribution in [3.8, 4) is 0 Å². The minimum absolute atomic E-state index is 0.146. The van der Waals surface area contributed by atoms with Gasteiger partial charge in [0, 0.05) is 25.4 Å². The number of hydrogen-bond acceptors (Lipinski definition) is 5. The van der Waals surface area contributed by atoms with Crippen LogP contribution in [0.5, 0.6) is 0 Å². The van der Waals surface area contributed by atoms with E-state index in [0.717, 1.165) is 5.56 Å². The van der Waals surface area contributed by atoms with E-state index in [-0.39, 0.29) is 12.5 Å². The highest BCUT2D eigenvalue weighted by molar-refractivity contribution is 7.80. The van der Waals surface area contributed by atoms with Crippen molar-refractivity contribution in [3.63, 3.8) is 0 Å². The third-order valence-electron chi connectivity index (χ3n) is 3.57. The number of rotatable bonds is 6. The van der Waals surface area contributed by atoms with Gasteiger partial charge in [0.2, 0.25) is 5.91 Å². The molecule has 0 aromatic heterocycles. The smallest absolute Gasteiger partial charge is 0.338 e. The molecule has 0 spiro atoms. The molecule has 0 bridgehead atoms. The van der Waals surface area contributed by atoms with E-state index in [4.69, 9.17) is 21.7 Å². The maximum Gasteiger partial charge on any atom is 0.338 e. The Labute approximate surface area is 151 Å². The molecule has 8 heteroatoms. The predicted octanol–water partition coefficient (Wildman–Crippen LogP) is 1.63. The van der Waals surface area contributed by atoms with Gasteiger partial charge in [0.05, 0.1) is 18.2 Å². The topological polar surface area (TPSA) is 88.7 Å². The molecule has 0 fully saturated rings. The van der Waals surface area contributed by atoms with Crippen molar-refractivity contribution in [2.24, 2.45) is 0 Å². The average molecular weight is 363 g/mol. The van der Waals surface area contributed by atoms with Gasteiger partial charge in [-0.25, -0.2) is 4.79 Å². The SMILES string of the molecule is COCCOC(=O)C1=C(C)NC(=S)NC1c1ccc(NC(C)=O)cc1. The summed E-state index contributed by atoms with van der Waals surface area (Å²) in [7, 11) is 1.54. The van der Waals surface area contributed by atoms with Crippen LogP contribution in [0.1, 0.15) is 25.5 Å². The number of amides is 1. The van der Waals surface area contributed by atoms with Crippen LogP contribution in [0.3, 0.4) is 0 Å². The fourth-order valence-corrected chi connectivity index (χ4v) is 2.74. The summed E-state index contributed by atoms with van der Waals surface area (Å²) in [5.74, 6) is -0.583. The van der Waals surface area contributed by atoms with Gasteiger partial charge in [-0.1, -0.05) is 12.1 Å². The molecule has 1 atom stereocenters. The summed E-state index contributed by atoms with van der Waals surface area (Å²) < 4.78 is 10.2. The van der Waals surface area contributed by atoms with Crippen LogP contribution in [0, 0.1) is 0 Å². The van der Waals surface area contributed by atoms with E-state index in [9.17, 15) is 9.59 Å². The predicted molar refractivity (Wildman–Crippen MR) is 97.9 cm³/mol. The summed E-state index contributed by atoms with van der Waals surface area (Å²) in [4.78, 5) is 23.6. The Hall–Kier alpha value is -2.45. The van der Waals surface area contributed by atoms with Gasteiger partial charge in [-0.3, -0.25) is 4.79 Å². The number of methoxy groups -OCH3 is 1. The van der Waals surface area contributed by atoms with E-state index in [0.29, 0.717) is 28.7 Å². The largest absolute Gasteiger partial charge is 0.460 e. The Balaban J connectivity index is 2.25. The van der Waals surface area contributed by atoms with Crippen molar-refractivity contribution in [1.29, 1.82) is 0 Å². The second kappa shape index (κ2) is 8.59. The summed E-state index contributed by atoms with van der Waals surface area (Å²) in [6, 6.07) is 6.76. The van der Waals surface area contributed by atoms with Crippen LogP contribution in [0.15, 0.2) is 35.5 Å². The van der Waals surface area contributed by atoms with Gasteiger partial charge in [0.15, 0.2) is 5.11 Å². The summed E-state index contributed by atoms with van der Waals surface area (Å²) >= 11 is 5.20. The Bertz CT molecular complexity index is 700. The van der Waals surface area contributed by atoms with E-state index in [1.165, 1.54) is 6.92 Å². The van der Waals surface area contributed by atoms with Gasteiger partial charge < -0.3 is 25.4 Å². The van der Waals surface area contributed by atoms with Crippen molar-refractivity contribution in [2.45, 2.75) is 19.9 Å². The van der Waals surface area contributed by atoms with Crippen molar-refractivity contribution < 1.29 is 19.1 Å². The number of benzene rings is 1. The lowest BCUT2D eigenvalue weighted by Crippen LogP contribution is -2.45. The molecule has 0 radical (unpaired) electrons. The number of carbonyl (C=O) groups excluding carboxylic acids is 2. The van der Waals surface area contributed by atoms with Crippen LogP contribution in [0.2, 0.25) is 0 Å². The zero-order valence-electron chi connectivity index (χ0n) is 14.3. The van der Waals surface area contributed by atoms with Gasteiger partial charge in [-0.15, -0.1) is 0 Å². The monoisotopic (exact) mass is 363 g/mol. The highest BCUT2D eigenvalue weighted by Gasteiger charge is 2.30. The molecule has 1 aromatic rings. The molecule has 134 valence electrons. The van der Waals surface area contributed by atoms with Crippen molar-refractivity contribution >= 4 is 34.9 Å². The van der Waals surface area contributed by atoms with Gasteiger partial charge in [-0.05, 0) is 36.8 Å². The molecular weight excluding hydrogens is 342 g/mol. The number of nitrogens with one attached hydrogen (secondary N) is 3. The lowest BCUT2D eigenvalue weighted by atomic mass is 9.95. The zero-order chi connectivity index (χ0) is 18.4. The van der Waals surface area contributed by atoms with Gasteiger partial charge in [0.1, 0.15) is 6.61 Å². The Morgan fingerprint density at radius 1 is 1.24 bits per heavy atom. The van der Waals surface area contributed by atoms with Gasteiger partial charge >= 0.3 is 5.97 Å². The van der Waals surface area contributed by atoms with E-state index in [1.807, 2.05) is 12.1 Å². The highest BCUT2D eigenvalue weighted by atomic mass is 32.1. The van der Waals surface area contributed by atoms with Gasteiger partial charge in [-0.2, -0.15) is 0 Å². The molecule has 1 aliphatic rings. The molecule has 1 heterocycles. The van der Waals surface area contributed by atoms with Crippen LogP contribution < -0.4 is 16.0 Å². The first-order valence-corrected chi connectivity index (χ1v) is 8.15. The average Bonchev–Trinajstić information content (AvgIpc) is 2.54. The molecule has 25 heavy (non-hydrogen) atoms. The first-order valence-electron chi connectivity index (χ1n) is 7.74. The second-order valence-electron chi connectivity index (χ2n) is 5.50. The molecule has 1 aromatic carbocycles.